The van der Waals surface area contributed by atoms with Crippen LogP contribution in [-0.4, -0.2) is 51.4 Å². The second kappa shape index (κ2) is 10.2. The first-order valence-electron chi connectivity index (χ1n) is 10.3. The normalized spacial score (nSPS) is 17.6. The number of allylic oxidation sites excluding steroid dienone is 8. The van der Waals surface area contributed by atoms with E-state index in [-0.39, 0.29) is 17.0 Å². The number of carbonyl (C=O) groups excluding carboxylic acids is 1. The summed E-state index contributed by atoms with van der Waals surface area (Å²) in [6.07, 6.45) is 14.4. The lowest BCUT2D eigenvalue weighted by Crippen LogP contribution is -2.30. The molecule has 0 aliphatic heterocycles. The SMILES string of the molecule is CC(/C=C/C1=C(C(=O)N(C)C)CCCC1(C)C)=C\C=C\C(C)=C\c1n[nH]nc1C(=O)O. The molecule has 0 bridgehead atoms. The summed E-state index contributed by atoms with van der Waals surface area (Å²) in [4.78, 5) is 25.4. The zero-order chi connectivity index (χ0) is 23.2. The highest BCUT2D eigenvalue weighted by Gasteiger charge is 2.31. The summed E-state index contributed by atoms with van der Waals surface area (Å²) < 4.78 is 0. The van der Waals surface area contributed by atoms with Gasteiger partial charge in [0.05, 0.1) is 0 Å². The first kappa shape index (κ1) is 24.1. The number of H-pyrrole nitrogens is 1. The zero-order valence-electron chi connectivity index (χ0n) is 19.2. The van der Waals surface area contributed by atoms with Gasteiger partial charge < -0.3 is 10.0 Å². The number of nitrogens with zero attached hydrogens (tertiary/aromatic N) is 3. The fourth-order valence-corrected chi connectivity index (χ4v) is 3.59. The smallest absolute Gasteiger partial charge is 0.358 e. The van der Waals surface area contributed by atoms with Gasteiger partial charge in [0.15, 0.2) is 5.69 Å². The van der Waals surface area contributed by atoms with Gasteiger partial charge in [0.1, 0.15) is 5.69 Å². The van der Waals surface area contributed by atoms with Gasteiger partial charge in [-0.3, -0.25) is 4.79 Å². The molecule has 1 amide bonds. The van der Waals surface area contributed by atoms with E-state index in [1.54, 1.807) is 25.1 Å². The molecule has 1 aromatic rings. The summed E-state index contributed by atoms with van der Waals surface area (Å²) in [7, 11) is 3.59. The van der Waals surface area contributed by atoms with Crippen LogP contribution in [0, 0.1) is 5.41 Å². The Morgan fingerprint density at radius 3 is 2.48 bits per heavy atom. The summed E-state index contributed by atoms with van der Waals surface area (Å²) in [6, 6.07) is 0. The number of hydrogen-bond acceptors (Lipinski definition) is 4. The lowest BCUT2D eigenvalue weighted by atomic mass is 9.72. The lowest BCUT2D eigenvalue weighted by Gasteiger charge is -2.34. The van der Waals surface area contributed by atoms with Gasteiger partial charge in [-0.05, 0) is 55.7 Å². The molecule has 2 rings (SSSR count). The number of amides is 1. The van der Waals surface area contributed by atoms with Crippen molar-refractivity contribution in [2.75, 3.05) is 14.1 Å². The molecule has 0 fully saturated rings. The molecular weight excluding hydrogens is 392 g/mol. The fourth-order valence-electron chi connectivity index (χ4n) is 3.59. The molecule has 1 aromatic heterocycles. The molecule has 166 valence electrons. The molecule has 0 saturated carbocycles. The first-order chi connectivity index (χ1) is 14.5. The van der Waals surface area contributed by atoms with E-state index >= 15 is 0 Å². The maximum atomic E-state index is 12.6. The molecule has 7 heteroatoms. The van der Waals surface area contributed by atoms with Gasteiger partial charge in [-0.2, -0.15) is 10.3 Å². The lowest BCUT2D eigenvalue weighted by molar-refractivity contribution is -0.125. The Balaban J connectivity index is 2.19. The second-order valence-corrected chi connectivity index (χ2v) is 8.68. The Bertz CT molecular complexity index is 988. The van der Waals surface area contributed by atoms with Crippen LogP contribution in [0.5, 0.6) is 0 Å². The van der Waals surface area contributed by atoms with E-state index in [1.165, 1.54) is 0 Å². The van der Waals surface area contributed by atoms with Crippen molar-refractivity contribution in [1.29, 1.82) is 0 Å². The fraction of sp³-hybridized carbons (Fsp3) is 0.417. The van der Waals surface area contributed by atoms with Crippen LogP contribution < -0.4 is 0 Å². The largest absolute Gasteiger partial charge is 0.476 e. The van der Waals surface area contributed by atoms with E-state index in [1.807, 2.05) is 38.2 Å². The number of nitrogens with one attached hydrogen (secondary N) is 1. The molecule has 1 aliphatic rings. The summed E-state index contributed by atoms with van der Waals surface area (Å²) >= 11 is 0. The van der Waals surface area contributed by atoms with Crippen LogP contribution in [0.1, 0.15) is 63.1 Å². The van der Waals surface area contributed by atoms with E-state index in [4.69, 9.17) is 5.11 Å². The third-order valence-electron chi connectivity index (χ3n) is 5.32. The van der Waals surface area contributed by atoms with Crippen LogP contribution in [0.2, 0.25) is 0 Å². The van der Waals surface area contributed by atoms with Gasteiger partial charge >= 0.3 is 5.97 Å². The van der Waals surface area contributed by atoms with Crippen molar-refractivity contribution in [2.45, 2.75) is 47.0 Å². The molecule has 7 nitrogen and oxygen atoms in total. The van der Waals surface area contributed by atoms with Gasteiger partial charge in [-0.15, -0.1) is 5.10 Å². The van der Waals surface area contributed by atoms with Gasteiger partial charge in [-0.1, -0.05) is 49.8 Å². The molecule has 0 aromatic carbocycles. The minimum absolute atomic E-state index is 0.0371. The summed E-state index contributed by atoms with van der Waals surface area (Å²) in [5.74, 6) is -1.03. The van der Waals surface area contributed by atoms with Crippen molar-refractivity contribution < 1.29 is 14.7 Å². The van der Waals surface area contributed by atoms with Crippen LogP contribution in [0.15, 0.2) is 52.7 Å². The molecule has 0 spiro atoms. The van der Waals surface area contributed by atoms with Crippen molar-refractivity contribution in [3.05, 3.63) is 64.1 Å². The Labute approximate surface area is 183 Å². The minimum atomic E-state index is -1.12. The van der Waals surface area contributed by atoms with Crippen LogP contribution in [0.3, 0.4) is 0 Å². The van der Waals surface area contributed by atoms with Gasteiger partial charge in [-0.25, -0.2) is 4.79 Å². The number of carboxylic acids is 1. The van der Waals surface area contributed by atoms with Crippen LogP contribution in [-0.2, 0) is 4.79 Å². The Morgan fingerprint density at radius 1 is 1.13 bits per heavy atom. The molecular formula is C24H32N4O3. The Morgan fingerprint density at radius 2 is 1.84 bits per heavy atom. The van der Waals surface area contributed by atoms with Crippen molar-refractivity contribution in [3.63, 3.8) is 0 Å². The molecule has 0 atom stereocenters. The zero-order valence-corrected chi connectivity index (χ0v) is 19.2. The number of aromatic carboxylic acids is 1. The monoisotopic (exact) mass is 424 g/mol. The van der Waals surface area contributed by atoms with E-state index < -0.39 is 5.97 Å². The van der Waals surface area contributed by atoms with Gasteiger partial charge in [0, 0.05) is 19.7 Å². The van der Waals surface area contributed by atoms with Crippen molar-refractivity contribution in [3.8, 4) is 0 Å². The standard InChI is InChI=1S/C24H32N4O3/c1-16(9-7-10-17(2)15-20-21(23(30)31)26-27-25-20)12-13-19-18(22(29)28(5)6)11-8-14-24(19,3)4/h7,9-10,12-13,15H,8,11,14H2,1-6H3,(H,30,31)(H,25,26,27)/b10-7+,13-12+,16-9+,17-15+. The molecule has 1 aliphatic carbocycles. The number of carbonyl (C=O) groups is 2. The van der Waals surface area contributed by atoms with Crippen molar-refractivity contribution in [1.82, 2.24) is 20.3 Å². The third kappa shape index (κ3) is 6.38. The van der Waals surface area contributed by atoms with E-state index in [2.05, 4.69) is 35.3 Å². The van der Waals surface area contributed by atoms with Gasteiger partial charge in [0.25, 0.3) is 0 Å². The first-order valence-corrected chi connectivity index (χ1v) is 10.3. The number of rotatable bonds is 7. The van der Waals surface area contributed by atoms with Crippen LogP contribution >= 0.6 is 0 Å². The summed E-state index contributed by atoms with van der Waals surface area (Å²) in [6.45, 7) is 8.25. The number of hydrogen-bond donors (Lipinski definition) is 2. The molecule has 0 unspecified atom stereocenters. The average molecular weight is 425 g/mol. The van der Waals surface area contributed by atoms with Crippen LogP contribution in [0.4, 0.5) is 0 Å². The Kier molecular flexibility index (Phi) is 7.91. The molecule has 31 heavy (non-hydrogen) atoms. The van der Waals surface area contributed by atoms with Gasteiger partial charge in [0.2, 0.25) is 5.91 Å². The molecule has 2 N–H and O–H groups in total. The second-order valence-electron chi connectivity index (χ2n) is 8.68. The van der Waals surface area contributed by atoms with E-state index in [0.29, 0.717) is 5.69 Å². The summed E-state index contributed by atoms with van der Waals surface area (Å²) in [5, 5.41) is 18.9. The molecule has 0 saturated heterocycles. The topological polar surface area (TPSA) is 99.2 Å². The van der Waals surface area contributed by atoms with Crippen molar-refractivity contribution in [2.24, 2.45) is 5.41 Å². The highest BCUT2D eigenvalue weighted by atomic mass is 16.4. The number of likely N-dealkylation sites (N-methyl/N-ethyl adjacent to an activating group) is 1. The highest BCUT2D eigenvalue weighted by Crippen LogP contribution is 2.41. The predicted molar refractivity (Wildman–Crippen MR) is 122 cm³/mol. The van der Waals surface area contributed by atoms with Crippen LogP contribution in [0.25, 0.3) is 6.08 Å². The van der Waals surface area contributed by atoms with E-state index in [0.717, 1.165) is 41.6 Å². The quantitative estimate of drug-likeness (QED) is 0.625. The summed E-state index contributed by atoms with van der Waals surface area (Å²) in [5.41, 5.74) is 4.05. The number of aromatic nitrogens is 3. The van der Waals surface area contributed by atoms with E-state index in [9.17, 15) is 9.59 Å². The number of aromatic amines is 1. The minimum Gasteiger partial charge on any atom is -0.476 e. The maximum Gasteiger partial charge on any atom is 0.358 e. The molecule has 1 heterocycles. The van der Waals surface area contributed by atoms with Crippen molar-refractivity contribution >= 4 is 18.0 Å². The predicted octanol–water partition coefficient (Wildman–Crippen LogP) is 4.56. The third-order valence-corrected chi connectivity index (χ3v) is 5.32. The Hall–Kier alpha value is -3.22. The average Bonchev–Trinajstić information content (AvgIpc) is 3.13. The highest BCUT2D eigenvalue weighted by molar-refractivity contribution is 5.94. The molecule has 0 radical (unpaired) electrons. The maximum absolute atomic E-state index is 12.6. The number of carboxylic acid groups (broad SMARTS) is 1.